The van der Waals surface area contributed by atoms with Crippen molar-refractivity contribution in [2.75, 3.05) is 9.80 Å². The lowest BCUT2D eigenvalue weighted by Crippen LogP contribution is -2.14. The van der Waals surface area contributed by atoms with Crippen LogP contribution in [-0.2, 0) is 0 Å². The highest BCUT2D eigenvalue weighted by Gasteiger charge is 2.24. The van der Waals surface area contributed by atoms with E-state index in [0.717, 1.165) is 39.5 Å². The second-order valence-electron chi connectivity index (χ2n) is 9.62. The van der Waals surface area contributed by atoms with Crippen molar-refractivity contribution in [2.45, 2.75) is 6.85 Å². The van der Waals surface area contributed by atoms with Gasteiger partial charge in [-0.2, -0.15) is 0 Å². The van der Waals surface area contributed by atoms with E-state index in [4.69, 9.17) is 20.1 Å². The maximum absolute atomic E-state index is 7.98. The van der Waals surface area contributed by atoms with Crippen molar-refractivity contribution < 1.29 is 8.53 Å². The molecule has 0 unspecified atom stereocenters. The predicted octanol–water partition coefficient (Wildman–Crippen LogP) is 10.9. The molecule has 2 aromatic heterocycles. The molecule has 0 fully saturated rings. The molecule has 0 saturated heterocycles. The Morgan fingerprint density at radius 3 is 1.78 bits per heavy atom. The van der Waals surface area contributed by atoms with Gasteiger partial charge in [-0.1, -0.05) is 78.3 Å². The minimum atomic E-state index is -2.31. The van der Waals surface area contributed by atoms with Crippen LogP contribution in [0.4, 0.5) is 34.1 Å². The third-order valence-electron chi connectivity index (χ3n) is 7.06. The molecule has 0 atom stereocenters. The lowest BCUT2D eigenvalue weighted by Gasteiger charge is -2.31. The zero-order valence-corrected chi connectivity index (χ0v) is 22.7. The summed E-state index contributed by atoms with van der Waals surface area (Å²) in [5.41, 5.74) is 6.25. The third kappa shape index (κ3) is 4.48. The molecule has 0 saturated carbocycles. The Kier molecular flexibility index (Phi) is 5.56. The van der Waals surface area contributed by atoms with Crippen LogP contribution >= 0.6 is 11.6 Å². The first kappa shape index (κ1) is 21.7. The van der Waals surface area contributed by atoms with E-state index in [1.165, 1.54) is 6.20 Å². The SMILES string of the molecule is [2H]C([2H])([2H])c1cnc2oc3cccc(N(c4ccccc4)c4cccc(N(c5ccccc5)c5ccccc5)c4Cl)c3c2c1. The maximum Gasteiger partial charge on any atom is 0.227 e. The number of fused-ring (bicyclic) bond motifs is 3. The van der Waals surface area contributed by atoms with E-state index in [0.29, 0.717) is 21.7 Å². The Morgan fingerprint density at radius 1 is 0.634 bits per heavy atom. The van der Waals surface area contributed by atoms with Crippen LogP contribution in [0, 0.1) is 6.85 Å². The smallest absolute Gasteiger partial charge is 0.227 e. The van der Waals surface area contributed by atoms with Crippen LogP contribution in [-0.4, -0.2) is 4.98 Å². The molecule has 198 valence electrons. The summed E-state index contributed by atoms with van der Waals surface area (Å²) in [6.45, 7) is -2.31. The lowest BCUT2D eigenvalue weighted by molar-refractivity contribution is 0.654. The number of anilines is 6. The molecule has 0 spiro atoms. The zero-order chi connectivity index (χ0) is 30.3. The van der Waals surface area contributed by atoms with E-state index in [1.54, 1.807) is 6.07 Å². The van der Waals surface area contributed by atoms with Gasteiger partial charge in [-0.3, -0.25) is 0 Å². The average Bonchev–Trinajstić information content (AvgIpc) is 3.43. The second-order valence-corrected chi connectivity index (χ2v) is 9.99. The first-order valence-electron chi connectivity index (χ1n) is 14.8. The number of halogens is 1. The number of hydrogen-bond acceptors (Lipinski definition) is 4. The van der Waals surface area contributed by atoms with E-state index >= 15 is 0 Å². The second kappa shape index (κ2) is 10.5. The summed E-state index contributed by atoms with van der Waals surface area (Å²) in [7, 11) is 0. The number of para-hydroxylation sites is 3. The Bertz CT molecular complexity index is 2040. The van der Waals surface area contributed by atoms with Gasteiger partial charge in [0, 0.05) is 27.4 Å². The number of aromatic nitrogens is 1. The molecular formula is C36H26ClN3O. The van der Waals surface area contributed by atoms with E-state index in [9.17, 15) is 0 Å². The normalized spacial score (nSPS) is 12.6. The molecule has 5 heteroatoms. The molecule has 5 aromatic carbocycles. The van der Waals surface area contributed by atoms with Gasteiger partial charge >= 0.3 is 0 Å². The first-order chi connectivity index (χ1) is 21.4. The molecule has 0 radical (unpaired) electrons. The van der Waals surface area contributed by atoms with Gasteiger partial charge in [-0.25, -0.2) is 4.98 Å². The van der Waals surface area contributed by atoms with Crippen LogP contribution < -0.4 is 9.80 Å². The van der Waals surface area contributed by atoms with Crippen molar-refractivity contribution in [1.82, 2.24) is 4.98 Å². The fourth-order valence-electron chi connectivity index (χ4n) is 5.30. The maximum atomic E-state index is 7.98. The number of rotatable bonds is 6. The van der Waals surface area contributed by atoms with E-state index < -0.39 is 6.85 Å². The van der Waals surface area contributed by atoms with Crippen molar-refractivity contribution in [3.8, 4) is 0 Å². The highest BCUT2D eigenvalue weighted by molar-refractivity contribution is 6.37. The molecule has 2 heterocycles. The summed E-state index contributed by atoms with van der Waals surface area (Å²) in [6.07, 6.45) is 1.36. The summed E-state index contributed by atoms with van der Waals surface area (Å²) in [6, 6.07) is 43.6. The molecule has 0 amide bonds. The van der Waals surface area contributed by atoms with Crippen LogP contribution in [0.5, 0.6) is 0 Å². The Morgan fingerprint density at radius 2 is 1.17 bits per heavy atom. The fourth-order valence-corrected chi connectivity index (χ4v) is 5.59. The molecule has 7 rings (SSSR count). The Hall–Kier alpha value is -5.06. The summed E-state index contributed by atoms with van der Waals surface area (Å²) in [4.78, 5) is 8.59. The van der Waals surface area contributed by atoms with Crippen LogP contribution in [0.15, 0.2) is 144 Å². The van der Waals surface area contributed by atoms with E-state index in [2.05, 4.69) is 39.0 Å². The minimum absolute atomic E-state index is 0.148. The number of aryl methyl sites for hydroxylation is 1. The molecule has 0 aliphatic rings. The summed E-state index contributed by atoms with van der Waals surface area (Å²) in [5, 5.41) is 1.90. The molecule has 0 N–H and O–H groups in total. The quantitative estimate of drug-likeness (QED) is 0.204. The topological polar surface area (TPSA) is 32.5 Å². The van der Waals surface area contributed by atoms with Gasteiger partial charge in [0.2, 0.25) is 5.71 Å². The average molecular weight is 555 g/mol. The van der Waals surface area contributed by atoms with Gasteiger partial charge in [0.05, 0.1) is 32.9 Å². The van der Waals surface area contributed by atoms with Crippen molar-refractivity contribution in [3.05, 3.63) is 150 Å². The highest BCUT2D eigenvalue weighted by atomic mass is 35.5. The largest absolute Gasteiger partial charge is 0.438 e. The van der Waals surface area contributed by atoms with Crippen molar-refractivity contribution >= 4 is 67.8 Å². The van der Waals surface area contributed by atoms with Gasteiger partial charge in [-0.05, 0) is 79.1 Å². The van der Waals surface area contributed by atoms with Gasteiger partial charge in [0.1, 0.15) is 5.58 Å². The zero-order valence-electron chi connectivity index (χ0n) is 24.9. The molecule has 7 aromatic rings. The van der Waals surface area contributed by atoms with Crippen LogP contribution in [0.25, 0.3) is 22.1 Å². The minimum Gasteiger partial charge on any atom is -0.438 e. The van der Waals surface area contributed by atoms with Gasteiger partial charge < -0.3 is 14.2 Å². The van der Waals surface area contributed by atoms with Gasteiger partial charge in [0.25, 0.3) is 0 Å². The molecule has 4 nitrogen and oxygen atoms in total. The van der Waals surface area contributed by atoms with Crippen LogP contribution in [0.3, 0.4) is 0 Å². The summed E-state index contributed by atoms with van der Waals surface area (Å²) >= 11 is 7.43. The van der Waals surface area contributed by atoms with Crippen molar-refractivity contribution in [2.24, 2.45) is 0 Å². The monoisotopic (exact) mass is 554 g/mol. The molecule has 0 aliphatic carbocycles. The van der Waals surface area contributed by atoms with E-state index in [-0.39, 0.29) is 5.56 Å². The number of hydrogen-bond donors (Lipinski definition) is 0. The Labute approximate surface area is 247 Å². The number of furan rings is 1. The van der Waals surface area contributed by atoms with Crippen LogP contribution in [0.2, 0.25) is 5.02 Å². The fraction of sp³-hybridized carbons (Fsp3) is 0.0278. The van der Waals surface area contributed by atoms with Crippen molar-refractivity contribution in [3.63, 3.8) is 0 Å². The number of pyridine rings is 1. The molecule has 0 bridgehead atoms. The van der Waals surface area contributed by atoms with Gasteiger partial charge in [0.15, 0.2) is 0 Å². The van der Waals surface area contributed by atoms with Crippen LogP contribution in [0.1, 0.15) is 9.68 Å². The standard InChI is InChI=1S/C36H26ClN3O/c1-25-23-29-34-30(19-12-22-33(34)41-36(29)38-24-25)40(28-17-9-4-10-18-28)32-21-11-20-31(35(32)37)39(26-13-5-2-6-14-26)27-15-7-3-8-16-27/h2-24H,1H3/i1D3. The molecule has 0 aliphatic heterocycles. The number of benzene rings is 5. The molecular weight excluding hydrogens is 526 g/mol. The van der Waals surface area contributed by atoms with E-state index in [1.807, 2.05) is 103 Å². The van der Waals surface area contributed by atoms with Gasteiger partial charge in [-0.15, -0.1) is 0 Å². The summed E-state index contributed by atoms with van der Waals surface area (Å²) < 4.78 is 30.1. The molecule has 41 heavy (non-hydrogen) atoms. The number of nitrogens with zero attached hydrogens (tertiary/aromatic N) is 3. The Balaban J connectivity index is 1.49. The van der Waals surface area contributed by atoms with Crippen molar-refractivity contribution in [1.29, 1.82) is 0 Å². The highest BCUT2D eigenvalue weighted by Crippen LogP contribution is 2.48. The summed E-state index contributed by atoms with van der Waals surface area (Å²) in [5.74, 6) is 0. The predicted molar refractivity (Wildman–Crippen MR) is 171 cm³/mol. The first-order valence-corrected chi connectivity index (χ1v) is 13.6. The third-order valence-corrected chi connectivity index (χ3v) is 7.44. The lowest BCUT2D eigenvalue weighted by atomic mass is 10.1.